The lowest BCUT2D eigenvalue weighted by Crippen LogP contribution is -2.20. The first-order valence-corrected chi connectivity index (χ1v) is 6.50. The topological polar surface area (TPSA) is 69.6 Å². The van der Waals surface area contributed by atoms with Crippen LogP contribution < -0.4 is 5.32 Å². The minimum Gasteiger partial charge on any atom is -0.508 e. The molecule has 4 nitrogen and oxygen atoms in total. The van der Waals surface area contributed by atoms with Crippen LogP contribution in [-0.4, -0.2) is 16.2 Å². The van der Waals surface area contributed by atoms with Gasteiger partial charge in [-0.15, -0.1) is 0 Å². The Hall–Kier alpha value is -2.08. The standard InChI is InChI=1S/C14H11BrFNO3/c15-8-1-4-10(5-2-8)17-13(14(19)20)11-7-9(16)3-6-12(11)18/h1-7,13,17-18H,(H,19,20). The minimum absolute atomic E-state index is 0.0274. The summed E-state index contributed by atoms with van der Waals surface area (Å²) in [5, 5.41) is 21.7. The van der Waals surface area contributed by atoms with Crippen LogP contribution in [0.25, 0.3) is 0 Å². The molecule has 0 saturated heterocycles. The Morgan fingerprint density at radius 1 is 1.20 bits per heavy atom. The molecule has 1 atom stereocenters. The van der Waals surface area contributed by atoms with Gasteiger partial charge in [-0.2, -0.15) is 0 Å². The number of nitrogens with one attached hydrogen (secondary N) is 1. The Balaban J connectivity index is 2.34. The molecular formula is C14H11BrFNO3. The summed E-state index contributed by atoms with van der Waals surface area (Å²) >= 11 is 3.27. The van der Waals surface area contributed by atoms with Crippen molar-refractivity contribution in [2.75, 3.05) is 5.32 Å². The van der Waals surface area contributed by atoms with E-state index in [4.69, 9.17) is 0 Å². The fourth-order valence-electron chi connectivity index (χ4n) is 1.74. The van der Waals surface area contributed by atoms with Gasteiger partial charge >= 0.3 is 5.97 Å². The third kappa shape index (κ3) is 3.27. The molecule has 6 heteroatoms. The van der Waals surface area contributed by atoms with Crippen LogP contribution in [0.5, 0.6) is 5.75 Å². The number of aliphatic carboxylic acids is 1. The third-order valence-electron chi connectivity index (χ3n) is 2.70. The van der Waals surface area contributed by atoms with E-state index in [1.165, 1.54) is 0 Å². The lowest BCUT2D eigenvalue weighted by molar-refractivity contribution is -0.138. The molecule has 0 aliphatic rings. The van der Waals surface area contributed by atoms with Gasteiger partial charge in [-0.3, -0.25) is 0 Å². The molecule has 0 aromatic heterocycles. The highest BCUT2D eigenvalue weighted by atomic mass is 79.9. The molecule has 0 radical (unpaired) electrons. The first-order chi connectivity index (χ1) is 9.47. The quantitative estimate of drug-likeness (QED) is 0.796. The SMILES string of the molecule is O=C(O)C(Nc1ccc(Br)cc1)c1cc(F)ccc1O. The van der Waals surface area contributed by atoms with Gasteiger partial charge in [-0.25, -0.2) is 9.18 Å². The Kier molecular flexibility index (Phi) is 4.24. The Morgan fingerprint density at radius 2 is 1.85 bits per heavy atom. The molecule has 104 valence electrons. The summed E-state index contributed by atoms with van der Waals surface area (Å²) in [5.41, 5.74) is 0.518. The molecule has 20 heavy (non-hydrogen) atoms. The maximum atomic E-state index is 13.2. The molecule has 0 heterocycles. The molecule has 0 aliphatic carbocycles. The number of carboxylic acids is 1. The average Bonchev–Trinajstić information content (AvgIpc) is 2.41. The zero-order valence-electron chi connectivity index (χ0n) is 10.2. The maximum Gasteiger partial charge on any atom is 0.330 e. The van der Waals surface area contributed by atoms with E-state index in [-0.39, 0.29) is 11.3 Å². The van der Waals surface area contributed by atoms with Gasteiger partial charge in [0.1, 0.15) is 11.6 Å². The average molecular weight is 340 g/mol. The Bertz CT molecular complexity index is 631. The van der Waals surface area contributed by atoms with Crippen molar-refractivity contribution in [2.24, 2.45) is 0 Å². The lowest BCUT2D eigenvalue weighted by Gasteiger charge is -2.17. The number of rotatable bonds is 4. The molecule has 0 bridgehead atoms. The van der Waals surface area contributed by atoms with Gasteiger partial charge in [0.2, 0.25) is 0 Å². The van der Waals surface area contributed by atoms with E-state index >= 15 is 0 Å². The minimum atomic E-state index is -1.24. The second kappa shape index (κ2) is 5.92. The molecule has 1 unspecified atom stereocenters. The molecule has 2 rings (SSSR count). The van der Waals surface area contributed by atoms with Crippen LogP contribution in [0.4, 0.5) is 10.1 Å². The van der Waals surface area contributed by atoms with Gasteiger partial charge in [0.05, 0.1) is 0 Å². The van der Waals surface area contributed by atoms with E-state index in [9.17, 15) is 19.4 Å². The number of phenolic OH excluding ortho intramolecular Hbond substituents is 1. The van der Waals surface area contributed by atoms with Crippen molar-refractivity contribution in [1.29, 1.82) is 0 Å². The molecule has 0 saturated carbocycles. The highest BCUT2D eigenvalue weighted by Crippen LogP contribution is 2.28. The summed E-state index contributed by atoms with van der Waals surface area (Å²) in [4.78, 5) is 11.3. The van der Waals surface area contributed by atoms with Crippen molar-refractivity contribution in [3.8, 4) is 5.75 Å². The Morgan fingerprint density at radius 3 is 2.45 bits per heavy atom. The zero-order chi connectivity index (χ0) is 14.7. The molecule has 2 aromatic carbocycles. The molecule has 0 amide bonds. The summed E-state index contributed by atoms with van der Waals surface area (Å²) in [6.07, 6.45) is 0. The van der Waals surface area contributed by atoms with Crippen molar-refractivity contribution < 1.29 is 19.4 Å². The summed E-state index contributed by atoms with van der Waals surface area (Å²) in [7, 11) is 0. The molecule has 3 N–H and O–H groups in total. The van der Waals surface area contributed by atoms with Gasteiger partial charge in [0.25, 0.3) is 0 Å². The van der Waals surface area contributed by atoms with Gasteiger partial charge in [-0.05, 0) is 42.5 Å². The van der Waals surface area contributed by atoms with Gasteiger partial charge in [0.15, 0.2) is 6.04 Å². The Labute approximate surface area is 123 Å². The number of hydrogen-bond acceptors (Lipinski definition) is 3. The van der Waals surface area contributed by atoms with Crippen LogP contribution in [0.15, 0.2) is 46.9 Å². The van der Waals surface area contributed by atoms with Crippen LogP contribution >= 0.6 is 15.9 Å². The molecular weight excluding hydrogens is 329 g/mol. The summed E-state index contributed by atoms with van der Waals surface area (Å²) in [5.74, 6) is -2.10. The van der Waals surface area contributed by atoms with Gasteiger partial charge < -0.3 is 15.5 Å². The second-order valence-electron chi connectivity index (χ2n) is 4.13. The molecule has 0 aliphatic heterocycles. The maximum absolute atomic E-state index is 13.2. The fourth-order valence-corrected chi connectivity index (χ4v) is 2.01. The van der Waals surface area contributed by atoms with Crippen molar-refractivity contribution >= 4 is 27.6 Å². The van der Waals surface area contributed by atoms with E-state index < -0.39 is 17.8 Å². The van der Waals surface area contributed by atoms with Crippen molar-refractivity contribution in [3.05, 3.63) is 58.3 Å². The van der Waals surface area contributed by atoms with Crippen LogP contribution in [0.2, 0.25) is 0 Å². The molecule has 0 spiro atoms. The van der Waals surface area contributed by atoms with Crippen molar-refractivity contribution in [2.45, 2.75) is 6.04 Å². The number of anilines is 1. The largest absolute Gasteiger partial charge is 0.508 e. The van der Waals surface area contributed by atoms with Crippen LogP contribution in [0, 0.1) is 5.82 Å². The smallest absolute Gasteiger partial charge is 0.330 e. The third-order valence-corrected chi connectivity index (χ3v) is 3.23. The number of carboxylic acid groups (broad SMARTS) is 1. The summed E-state index contributed by atoms with van der Waals surface area (Å²) < 4.78 is 14.1. The summed E-state index contributed by atoms with van der Waals surface area (Å²) in [6.45, 7) is 0. The van der Waals surface area contributed by atoms with Gasteiger partial charge in [-0.1, -0.05) is 15.9 Å². The van der Waals surface area contributed by atoms with Crippen molar-refractivity contribution in [3.63, 3.8) is 0 Å². The predicted molar refractivity (Wildman–Crippen MR) is 76.2 cm³/mol. The van der Waals surface area contributed by atoms with E-state index in [1.54, 1.807) is 24.3 Å². The normalized spacial score (nSPS) is 11.9. The number of hydrogen-bond donors (Lipinski definition) is 3. The number of halogens is 2. The van der Waals surface area contributed by atoms with E-state index in [2.05, 4.69) is 21.2 Å². The van der Waals surface area contributed by atoms with E-state index in [0.29, 0.717) is 5.69 Å². The first kappa shape index (κ1) is 14.3. The number of carbonyl (C=O) groups is 1. The van der Waals surface area contributed by atoms with Crippen LogP contribution in [0.3, 0.4) is 0 Å². The molecule has 2 aromatic rings. The monoisotopic (exact) mass is 339 g/mol. The highest BCUT2D eigenvalue weighted by molar-refractivity contribution is 9.10. The zero-order valence-corrected chi connectivity index (χ0v) is 11.8. The molecule has 0 fully saturated rings. The number of benzene rings is 2. The van der Waals surface area contributed by atoms with Crippen molar-refractivity contribution in [1.82, 2.24) is 0 Å². The number of aromatic hydroxyl groups is 1. The fraction of sp³-hybridized carbons (Fsp3) is 0.0714. The first-order valence-electron chi connectivity index (χ1n) is 5.70. The van der Waals surface area contributed by atoms with Crippen LogP contribution in [-0.2, 0) is 4.79 Å². The van der Waals surface area contributed by atoms with Gasteiger partial charge in [0, 0.05) is 15.7 Å². The second-order valence-corrected chi connectivity index (χ2v) is 5.04. The van der Waals surface area contributed by atoms with E-state index in [0.717, 1.165) is 22.7 Å². The van der Waals surface area contributed by atoms with E-state index in [1.807, 2.05) is 0 Å². The highest BCUT2D eigenvalue weighted by Gasteiger charge is 2.23. The predicted octanol–water partition coefficient (Wildman–Crippen LogP) is 3.53. The summed E-state index contributed by atoms with van der Waals surface area (Å²) in [6, 6.07) is 8.79. The lowest BCUT2D eigenvalue weighted by atomic mass is 10.1. The van der Waals surface area contributed by atoms with Crippen LogP contribution in [0.1, 0.15) is 11.6 Å². The number of phenols is 1.